The molecule has 1 aliphatic rings. The Hall–Kier alpha value is 0.220. The number of sulfone groups is 1. The Morgan fingerprint density at radius 1 is 1.41 bits per heavy atom. The second kappa shape index (κ2) is 5.91. The van der Waals surface area contributed by atoms with Gasteiger partial charge < -0.3 is 5.73 Å². The SMILES string of the molecule is CSCC(C)N(C)C1(CN)CCS(=O)(=O)CC1. The minimum Gasteiger partial charge on any atom is -0.329 e. The first-order valence-electron chi connectivity index (χ1n) is 5.99. The fraction of sp³-hybridized carbons (Fsp3) is 1.00. The second-order valence-corrected chi connectivity index (χ2v) is 8.21. The zero-order valence-electron chi connectivity index (χ0n) is 11.0. The minimum atomic E-state index is -2.82. The molecule has 0 aliphatic carbocycles. The number of thioether (sulfide) groups is 1. The van der Waals surface area contributed by atoms with E-state index >= 15 is 0 Å². The molecule has 0 aromatic carbocycles. The monoisotopic (exact) mass is 280 g/mol. The lowest BCUT2D eigenvalue weighted by Crippen LogP contribution is -2.59. The van der Waals surface area contributed by atoms with Crippen molar-refractivity contribution in [3.8, 4) is 0 Å². The van der Waals surface area contributed by atoms with Gasteiger partial charge in [0.2, 0.25) is 0 Å². The van der Waals surface area contributed by atoms with Crippen molar-refractivity contribution in [1.29, 1.82) is 0 Å². The summed E-state index contributed by atoms with van der Waals surface area (Å²) in [6.07, 6.45) is 3.42. The Labute approximate surface area is 109 Å². The number of nitrogens with zero attached hydrogens (tertiary/aromatic N) is 1. The Balaban J connectivity index is 2.76. The highest BCUT2D eigenvalue weighted by Crippen LogP contribution is 2.30. The molecule has 0 spiro atoms. The van der Waals surface area contributed by atoms with Crippen molar-refractivity contribution in [1.82, 2.24) is 4.90 Å². The van der Waals surface area contributed by atoms with Crippen LogP contribution in [-0.2, 0) is 9.84 Å². The van der Waals surface area contributed by atoms with Crippen LogP contribution in [0.25, 0.3) is 0 Å². The Bertz CT molecular complexity index is 329. The van der Waals surface area contributed by atoms with Crippen LogP contribution in [-0.4, -0.2) is 62.0 Å². The number of likely N-dealkylation sites (N-methyl/N-ethyl adjacent to an activating group) is 1. The normalized spacial score (nSPS) is 24.8. The van der Waals surface area contributed by atoms with Gasteiger partial charge >= 0.3 is 0 Å². The molecule has 1 heterocycles. The van der Waals surface area contributed by atoms with Gasteiger partial charge in [-0.05, 0) is 33.1 Å². The van der Waals surface area contributed by atoms with E-state index in [1.54, 1.807) is 0 Å². The molecule has 4 nitrogen and oxygen atoms in total. The summed E-state index contributed by atoms with van der Waals surface area (Å²) in [5, 5.41) is 0. The van der Waals surface area contributed by atoms with Crippen LogP contribution in [0.2, 0.25) is 0 Å². The first-order chi connectivity index (χ1) is 7.87. The molecule has 0 bridgehead atoms. The van der Waals surface area contributed by atoms with Crippen molar-refractivity contribution in [2.45, 2.75) is 31.3 Å². The van der Waals surface area contributed by atoms with E-state index in [1.165, 1.54) is 0 Å². The molecule has 1 aliphatic heterocycles. The molecule has 0 saturated carbocycles. The minimum absolute atomic E-state index is 0.125. The van der Waals surface area contributed by atoms with E-state index in [4.69, 9.17) is 5.73 Å². The van der Waals surface area contributed by atoms with Gasteiger partial charge in [-0.1, -0.05) is 0 Å². The average Bonchev–Trinajstić information content (AvgIpc) is 2.29. The summed E-state index contributed by atoms with van der Waals surface area (Å²) >= 11 is 1.81. The first-order valence-corrected chi connectivity index (χ1v) is 9.21. The van der Waals surface area contributed by atoms with Crippen molar-refractivity contribution in [3.63, 3.8) is 0 Å². The van der Waals surface area contributed by atoms with E-state index < -0.39 is 9.84 Å². The largest absolute Gasteiger partial charge is 0.329 e. The van der Waals surface area contributed by atoms with Crippen LogP contribution in [0.15, 0.2) is 0 Å². The molecule has 2 N–H and O–H groups in total. The maximum Gasteiger partial charge on any atom is 0.150 e. The molecule has 0 aromatic rings. The lowest BCUT2D eigenvalue weighted by atomic mass is 9.89. The molecule has 1 fully saturated rings. The van der Waals surface area contributed by atoms with Gasteiger partial charge in [0.25, 0.3) is 0 Å². The molecular weight excluding hydrogens is 256 g/mol. The van der Waals surface area contributed by atoms with Crippen LogP contribution in [0.4, 0.5) is 0 Å². The zero-order valence-corrected chi connectivity index (χ0v) is 12.6. The van der Waals surface area contributed by atoms with E-state index in [0.717, 1.165) is 5.75 Å². The summed E-state index contributed by atoms with van der Waals surface area (Å²) in [5.74, 6) is 1.60. The van der Waals surface area contributed by atoms with Crippen LogP contribution >= 0.6 is 11.8 Å². The number of hydrogen-bond acceptors (Lipinski definition) is 5. The lowest BCUT2D eigenvalue weighted by Gasteiger charge is -2.46. The van der Waals surface area contributed by atoms with Gasteiger partial charge in [-0.25, -0.2) is 8.42 Å². The highest BCUT2D eigenvalue weighted by atomic mass is 32.2. The maximum atomic E-state index is 11.5. The third-order valence-electron chi connectivity index (χ3n) is 3.95. The molecule has 102 valence electrons. The highest BCUT2D eigenvalue weighted by Gasteiger charge is 2.40. The van der Waals surface area contributed by atoms with Crippen molar-refractivity contribution < 1.29 is 8.42 Å². The summed E-state index contributed by atoms with van der Waals surface area (Å²) in [4.78, 5) is 2.29. The number of rotatable bonds is 5. The van der Waals surface area contributed by atoms with E-state index in [1.807, 2.05) is 11.8 Å². The van der Waals surface area contributed by atoms with Crippen LogP contribution in [0.3, 0.4) is 0 Å². The van der Waals surface area contributed by atoms with Crippen molar-refractivity contribution in [2.75, 3.05) is 37.1 Å². The molecular formula is C11H24N2O2S2. The topological polar surface area (TPSA) is 63.4 Å². The fourth-order valence-electron chi connectivity index (χ4n) is 2.44. The van der Waals surface area contributed by atoms with Gasteiger partial charge in [-0.2, -0.15) is 11.8 Å². The quantitative estimate of drug-likeness (QED) is 0.798. The smallest absolute Gasteiger partial charge is 0.150 e. The molecule has 1 atom stereocenters. The molecule has 0 radical (unpaired) electrons. The van der Waals surface area contributed by atoms with Gasteiger partial charge in [-0.3, -0.25) is 4.90 Å². The van der Waals surface area contributed by atoms with Gasteiger partial charge in [0.05, 0.1) is 11.5 Å². The average molecular weight is 280 g/mol. The predicted octanol–water partition coefficient (Wildman–Crippen LogP) is 0.576. The summed E-state index contributed by atoms with van der Waals surface area (Å²) in [7, 11) is -0.748. The van der Waals surface area contributed by atoms with Crippen LogP contribution in [0.1, 0.15) is 19.8 Å². The molecule has 1 saturated heterocycles. The Morgan fingerprint density at radius 3 is 2.35 bits per heavy atom. The van der Waals surface area contributed by atoms with E-state index in [0.29, 0.717) is 25.4 Å². The molecule has 0 aromatic heterocycles. The Kier molecular flexibility index (Phi) is 5.31. The second-order valence-electron chi connectivity index (χ2n) is 5.00. The molecule has 0 amide bonds. The summed E-state index contributed by atoms with van der Waals surface area (Å²) < 4.78 is 23.0. The van der Waals surface area contributed by atoms with Gasteiger partial charge in [0, 0.05) is 23.9 Å². The summed E-state index contributed by atoms with van der Waals surface area (Å²) in [6, 6.07) is 0.425. The number of hydrogen-bond donors (Lipinski definition) is 1. The summed E-state index contributed by atoms with van der Waals surface area (Å²) in [5.41, 5.74) is 5.79. The molecule has 1 rings (SSSR count). The van der Waals surface area contributed by atoms with Crippen molar-refractivity contribution in [3.05, 3.63) is 0 Å². The molecule has 6 heteroatoms. The maximum absolute atomic E-state index is 11.5. The van der Waals surface area contributed by atoms with Gasteiger partial charge in [0.15, 0.2) is 0 Å². The third-order valence-corrected chi connectivity index (χ3v) is 6.42. The van der Waals surface area contributed by atoms with Crippen molar-refractivity contribution >= 4 is 21.6 Å². The highest BCUT2D eigenvalue weighted by molar-refractivity contribution is 7.98. The van der Waals surface area contributed by atoms with E-state index in [9.17, 15) is 8.42 Å². The molecule has 17 heavy (non-hydrogen) atoms. The van der Waals surface area contributed by atoms with Gasteiger partial charge in [-0.15, -0.1) is 0 Å². The van der Waals surface area contributed by atoms with E-state index in [-0.39, 0.29) is 17.0 Å². The fourth-order valence-corrected chi connectivity index (χ4v) is 4.73. The van der Waals surface area contributed by atoms with Gasteiger partial charge in [0.1, 0.15) is 9.84 Å². The summed E-state index contributed by atoms with van der Waals surface area (Å²) in [6.45, 7) is 2.72. The van der Waals surface area contributed by atoms with Crippen LogP contribution in [0, 0.1) is 0 Å². The van der Waals surface area contributed by atoms with Crippen molar-refractivity contribution in [2.24, 2.45) is 5.73 Å². The van der Waals surface area contributed by atoms with E-state index in [2.05, 4.69) is 25.1 Å². The van der Waals surface area contributed by atoms with Crippen LogP contribution in [0.5, 0.6) is 0 Å². The molecule has 1 unspecified atom stereocenters. The first kappa shape index (κ1) is 15.3. The number of nitrogens with two attached hydrogens (primary N) is 1. The zero-order chi connectivity index (χ0) is 13.1. The standard InChI is InChI=1S/C11H24N2O2S2/c1-10(8-16-3)13(2)11(9-12)4-6-17(14,15)7-5-11/h10H,4-9,12H2,1-3H3. The lowest BCUT2D eigenvalue weighted by molar-refractivity contribution is 0.0837. The Morgan fingerprint density at radius 2 is 1.94 bits per heavy atom. The van der Waals surface area contributed by atoms with Crippen LogP contribution < -0.4 is 5.73 Å². The predicted molar refractivity (Wildman–Crippen MR) is 75.3 cm³/mol. The third kappa shape index (κ3) is 3.59.